The highest BCUT2D eigenvalue weighted by Crippen LogP contribution is 2.26. The topological polar surface area (TPSA) is 72.3 Å². The minimum absolute atomic E-state index is 0.0499. The second-order valence-corrected chi connectivity index (χ2v) is 3.54. The quantitative estimate of drug-likeness (QED) is 0.688. The van der Waals surface area contributed by atoms with E-state index in [-0.39, 0.29) is 12.3 Å². The van der Waals surface area contributed by atoms with Crippen LogP contribution in [0.5, 0.6) is 0 Å². The molecule has 1 aromatic carbocycles. The van der Waals surface area contributed by atoms with Crippen LogP contribution in [0.2, 0.25) is 0 Å². The van der Waals surface area contributed by atoms with Gasteiger partial charge in [0, 0.05) is 4.47 Å². The van der Waals surface area contributed by atoms with Crippen LogP contribution in [-0.2, 0) is 0 Å². The number of rotatable bonds is 2. The van der Waals surface area contributed by atoms with E-state index in [0.29, 0.717) is 10.0 Å². The first kappa shape index (κ1) is 10.4. The number of anilines is 1. The Morgan fingerprint density at radius 1 is 1.54 bits per heavy atom. The van der Waals surface area contributed by atoms with Crippen molar-refractivity contribution in [3.05, 3.63) is 28.0 Å². The molecule has 13 heavy (non-hydrogen) atoms. The van der Waals surface area contributed by atoms with E-state index in [2.05, 4.69) is 15.9 Å². The minimum atomic E-state index is -0.577. The first-order valence-corrected chi connectivity index (χ1v) is 4.46. The Kier molecular flexibility index (Phi) is 3.24. The summed E-state index contributed by atoms with van der Waals surface area (Å²) >= 11 is 3.09. The van der Waals surface area contributed by atoms with Crippen LogP contribution < -0.4 is 11.5 Å². The van der Waals surface area contributed by atoms with Crippen LogP contribution in [0.15, 0.2) is 16.6 Å². The maximum absolute atomic E-state index is 13.0. The summed E-state index contributed by atoms with van der Waals surface area (Å²) in [6.07, 6.45) is 0. The summed E-state index contributed by atoms with van der Waals surface area (Å²) in [4.78, 5) is 0. The highest BCUT2D eigenvalue weighted by molar-refractivity contribution is 9.10. The average Bonchev–Trinajstić information content (AvgIpc) is 2.12. The van der Waals surface area contributed by atoms with Crippen LogP contribution in [0.3, 0.4) is 0 Å². The van der Waals surface area contributed by atoms with Gasteiger partial charge in [-0.25, -0.2) is 4.39 Å². The van der Waals surface area contributed by atoms with Gasteiger partial charge in [-0.05, 0) is 33.6 Å². The molecule has 1 rings (SSSR count). The zero-order valence-electron chi connectivity index (χ0n) is 6.80. The Morgan fingerprint density at radius 3 is 2.62 bits per heavy atom. The summed E-state index contributed by atoms with van der Waals surface area (Å²) in [7, 11) is 0. The molecule has 0 aliphatic rings. The number of aliphatic hydroxyl groups is 1. The normalized spacial score (nSPS) is 12.9. The third-order valence-electron chi connectivity index (χ3n) is 1.73. The molecule has 0 saturated heterocycles. The molecule has 1 atom stereocenters. The van der Waals surface area contributed by atoms with Crippen LogP contribution in [-0.4, -0.2) is 11.7 Å². The van der Waals surface area contributed by atoms with Gasteiger partial charge in [0.05, 0.1) is 18.3 Å². The first-order valence-electron chi connectivity index (χ1n) is 3.67. The lowest BCUT2D eigenvalue weighted by Gasteiger charge is -2.10. The van der Waals surface area contributed by atoms with Gasteiger partial charge in [-0.15, -0.1) is 0 Å². The van der Waals surface area contributed by atoms with E-state index < -0.39 is 11.9 Å². The van der Waals surface area contributed by atoms with Gasteiger partial charge in [0.15, 0.2) is 0 Å². The highest BCUT2D eigenvalue weighted by atomic mass is 79.9. The molecule has 0 fully saturated rings. The molecule has 0 saturated carbocycles. The Bertz CT molecular complexity index is 296. The van der Waals surface area contributed by atoms with E-state index in [9.17, 15) is 4.39 Å². The summed E-state index contributed by atoms with van der Waals surface area (Å²) < 4.78 is 13.5. The average molecular weight is 249 g/mol. The molecule has 72 valence electrons. The van der Waals surface area contributed by atoms with E-state index in [1.54, 1.807) is 6.07 Å². The summed E-state index contributed by atoms with van der Waals surface area (Å²) in [5, 5.41) is 8.75. The molecule has 0 heterocycles. The lowest BCUT2D eigenvalue weighted by molar-refractivity contribution is 0.268. The monoisotopic (exact) mass is 248 g/mol. The number of hydrogen-bond acceptors (Lipinski definition) is 3. The number of halogens is 2. The molecule has 5 N–H and O–H groups in total. The molecular weight excluding hydrogens is 239 g/mol. The fraction of sp³-hybridized carbons (Fsp3) is 0.250. The predicted molar refractivity (Wildman–Crippen MR) is 52.5 cm³/mol. The molecule has 0 bridgehead atoms. The Balaban J connectivity index is 3.13. The van der Waals surface area contributed by atoms with Crippen molar-refractivity contribution in [2.75, 3.05) is 12.3 Å². The van der Waals surface area contributed by atoms with Gasteiger partial charge in [0.1, 0.15) is 5.82 Å². The summed E-state index contributed by atoms with van der Waals surface area (Å²) in [5.41, 5.74) is 11.4. The fourth-order valence-corrected chi connectivity index (χ4v) is 1.38. The van der Waals surface area contributed by atoms with E-state index >= 15 is 0 Å². The lowest BCUT2D eigenvalue weighted by Crippen LogP contribution is -2.15. The summed E-state index contributed by atoms with van der Waals surface area (Å²) in [6, 6.07) is 2.24. The van der Waals surface area contributed by atoms with Crippen molar-refractivity contribution < 1.29 is 9.50 Å². The molecule has 5 heteroatoms. The largest absolute Gasteiger partial charge is 0.395 e. The molecular formula is C8H10BrFN2O. The van der Waals surface area contributed by atoms with E-state index in [1.807, 2.05) is 0 Å². The molecule has 3 nitrogen and oxygen atoms in total. The minimum Gasteiger partial charge on any atom is -0.395 e. The third-order valence-corrected chi connectivity index (χ3v) is 2.38. The van der Waals surface area contributed by atoms with Crippen molar-refractivity contribution in [1.29, 1.82) is 0 Å². The number of benzene rings is 1. The Labute approximate surface area is 83.7 Å². The molecule has 0 aliphatic heterocycles. The second-order valence-electron chi connectivity index (χ2n) is 2.69. The maximum Gasteiger partial charge on any atom is 0.147 e. The van der Waals surface area contributed by atoms with Crippen molar-refractivity contribution >= 4 is 21.6 Å². The van der Waals surface area contributed by atoms with Gasteiger partial charge in [0.2, 0.25) is 0 Å². The zero-order valence-corrected chi connectivity index (χ0v) is 8.38. The van der Waals surface area contributed by atoms with Crippen molar-refractivity contribution in [1.82, 2.24) is 0 Å². The van der Waals surface area contributed by atoms with Crippen LogP contribution in [0.25, 0.3) is 0 Å². The molecule has 0 unspecified atom stereocenters. The Hall–Kier alpha value is -0.650. The number of aliphatic hydroxyl groups excluding tert-OH is 1. The van der Waals surface area contributed by atoms with Crippen molar-refractivity contribution in [2.45, 2.75) is 6.04 Å². The molecule has 0 spiro atoms. The standard InChI is InChI=1S/C8H10BrFN2O/c9-5-1-4(7(11)3-13)2-6(10)8(5)12/h1-2,7,13H,3,11-12H2/t7-/m1/s1. The number of nitrogens with two attached hydrogens (primary N) is 2. The van der Waals surface area contributed by atoms with E-state index in [0.717, 1.165) is 0 Å². The molecule has 0 amide bonds. The first-order chi connectivity index (χ1) is 6.06. The fourth-order valence-electron chi connectivity index (χ4n) is 0.923. The summed E-state index contributed by atoms with van der Waals surface area (Å²) in [6.45, 7) is -0.226. The number of hydrogen-bond donors (Lipinski definition) is 3. The maximum atomic E-state index is 13.0. The lowest BCUT2D eigenvalue weighted by atomic mass is 10.1. The van der Waals surface area contributed by atoms with Crippen LogP contribution in [0, 0.1) is 5.82 Å². The van der Waals surface area contributed by atoms with Gasteiger partial charge in [-0.2, -0.15) is 0 Å². The van der Waals surface area contributed by atoms with Gasteiger partial charge < -0.3 is 16.6 Å². The smallest absolute Gasteiger partial charge is 0.147 e. The van der Waals surface area contributed by atoms with Crippen LogP contribution >= 0.6 is 15.9 Å². The molecule has 0 aromatic heterocycles. The van der Waals surface area contributed by atoms with Gasteiger partial charge in [-0.3, -0.25) is 0 Å². The predicted octanol–water partition coefficient (Wildman–Crippen LogP) is 1.16. The number of nitrogen functional groups attached to an aromatic ring is 1. The van der Waals surface area contributed by atoms with Crippen molar-refractivity contribution in [3.8, 4) is 0 Å². The van der Waals surface area contributed by atoms with Crippen molar-refractivity contribution in [2.24, 2.45) is 5.73 Å². The van der Waals surface area contributed by atoms with Crippen LogP contribution in [0.1, 0.15) is 11.6 Å². The Morgan fingerprint density at radius 2 is 2.15 bits per heavy atom. The van der Waals surface area contributed by atoms with Gasteiger partial charge in [-0.1, -0.05) is 0 Å². The zero-order chi connectivity index (χ0) is 10.0. The molecule has 1 aromatic rings. The van der Waals surface area contributed by atoms with E-state index in [4.69, 9.17) is 16.6 Å². The highest BCUT2D eigenvalue weighted by Gasteiger charge is 2.10. The van der Waals surface area contributed by atoms with Crippen molar-refractivity contribution in [3.63, 3.8) is 0 Å². The molecule has 0 aliphatic carbocycles. The van der Waals surface area contributed by atoms with Gasteiger partial charge >= 0.3 is 0 Å². The second kappa shape index (κ2) is 4.04. The van der Waals surface area contributed by atoms with Gasteiger partial charge in [0.25, 0.3) is 0 Å². The van der Waals surface area contributed by atoms with Crippen LogP contribution in [0.4, 0.5) is 10.1 Å². The van der Waals surface area contributed by atoms with E-state index in [1.165, 1.54) is 6.07 Å². The SMILES string of the molecule is Nc1c(F)cc([C@H](N)CO)cc1Br. The summed E-state index contributed by atoms with van der Waals surface area (Å²) in [5.74, 6) is -0.534. The molecule has 0 radical (unpaired) electrons. The third kappa shape index (κ3) is 2.18.